The Labute approximate surface area is 169 Å². The average Bonchev–Trinajstić information content (AvgIpc) is 2.68. The lowest BCUT2D eigenvalue weighted by atomic mass is 9.76. The highest BCUT2D eigenvalue weighted by molar-refractivity contribution is 5.69. The van der Waals surface area contributed by atoms with Crippen molar-refractivity contribution in [3.8, 4) is 0 Å². The first kappa shape index (κ1) is 27.3. The van der Waals surface area contributed by atoms with Crippen LogP contribution in [0.15, 0.2) is 0 Å². The maximum atomic E-state index is 12.2. The maximum absolute atomic E-state index is 12.2. The van der Waals surface area contributed by atoms with Crippen LogP contribution in [0.25, 0.3) is 0 Å². The molecule has 0 rings (SSSR count). The van der Waals surface area contributed by atoms with Gasteiger partial charge < -0.3 is 30.3 Å². The summed E-state index contributed by atoms with van der Waals surface area (Å²) in [6.07, 6.45) is 4.80. The number of rotatable bonds is 17. The van der Waals surface area contributed by atoms with Crippen LogP contribution in [0.3, 0.4) is 0 Å². The Morgan fingerprint density at radius 3 is 1.75 bits per heavy atom. The number of esters is 1. The molecule has 0 saturated heterocycles. The normalized spacial score (nSPS) is 16.4. The molecule has 0 saturated carbocycles. The predicted octanol–water partition coefficient (Wildman–Crippen LogP) is 1.91. The third-order valence-corrected chi connectivity index (χ3v) is 5.33. The number of ether oxygens (including phenoxy) is 1. The van der Waals surface area contributed by atoms with Gasteiger partial charge in [-0.2, -0.15) is 0 Å². The van der Waals surface area contributed by atoms with Crippen molar-refractivity contribution in [1.29, 1.82) is 0 Å². The number of aliphatic hydroxyl groups excluding tert-OH is 5. The molecule has 5 N–H and O–H groups in total. The molecule has 4 unspecified atom stereocenters. The molecule has 7 heteroatoms. The van der Waals surface area contributed by atoms with Gasteiger partial charge in [0.2, 0.25) is 0 Å². The van der Waals surface area contributed by atoms with E-state index >= 15 is 0 Å². The summed E-state index contributed by atoms with van der Waals surface area (Å²) in [5.74, 6) is -0.515. The zero-order valence-electron chi connectivity index (χ0n) is 17.8. The molecule has 0 radical (unpaired) electrons. The first-order valence-corrected chi connectivity index (χ1v) is 10.7. The molecule has 0 spiro atoms. The molecular formula is C21H42O7. The summed E-state index contributed by atoms with van der Waals surface area (Å²) in [5, 5.41) is 48.3. The van der Waals surface area contributed by atoms with Crippen LogP contribution in [0.1, 0.15) is 85.0 Å². The average molecular weight is 407 g/mol. The van der Waals surface area contributed by atoms with Crippen molar-refractivity contribution in [2.45, 2.75) is 109 Å². The van der Waals surface area contributed by atoms with E-state index in [-0.39, 0.29) is 6.42 Å². The lowest BCUT2D eigenvalue weighted by molar-refractivity contribution is -0.186. The summed E-state index contributed by atoms with van der Waals surface area (Å²) in [6, 6.07) is 0. The fourth-order valence-electron chi connectivity index (χ4n) is 3.37. The molecular weight excluding hydrogens is 364 g/mol. The summed E-state index contributed by atoms with van der Waals surface area (Å²) in [5.41, 5.74) is -1.27. The van der Waals surface area contributed by atoms with Gasteiger partial charge in [-0.15, -0.1) is 0 Å². The molecule has 4 atom stereocenters. The van der Waals surface area contributed by atoms with Gasteiger partial charge in [0.05, 0.1) is 19.3 Å². The van der Waals surface area contributed by atoms with Crippen LogP contribution < -0.4 is 0 Å². The highest BCUT2D eigenvalue weighted by Crippen LogP contribution is 2.32. The molecule has 28 heavy (non-hydrogen) atoms. The lowest BCUT2D eigenvalue weighted by Crippen LogP contribution is -2.54. The Hall–Kier alpha value is -0.730. The van der Waals surface area contributed by atoms with E-state index in [0.717, 1.165) is 19.3 Å². The topological polar surface area (TPSA) is 127 Å². The largest absolute Gasteiger partial charge is 0.459 e. The van der Waals surface area contributed by atoms with Gasteiger partial charge in [-0.25, -0.2) is 0 Å². The van der Waals surface area contributed by atoms with E-state index in [4.69, 9.17) is 9.84 Å². The molecule has 0 bridgehead atoms. The van der Waals surface area contributed by atoms with Crippen molar-refractivity contribution in [3.05, 3.63) is 0 Å². The quantitative estimate of drug-likeness (QED) is 0.184. The molecule has 168 valence electrons. The second-order valence-electron chi connectivity index (χ2n) is 8.25. The van der Waals surface area contributed by atoms with Gasteiger partial charge in [0, 0.05) is 11.8 Å². The second kappa shape index (κ2) is 15.2. The molecule has 0 amide bonds. The van der Waals surface area contributed by atoms with Crippen LogP contribution in [0.4, 0.5) is 0 Å². The van der Waals surface area contributed by atoms with Crippen molar-refractivity contribution in [2.24, 2.45) is 5.41 Å². The van der Waals surface area contributed by atoms with Crippen LogP contribution in [-0.4, -0.2) is 69.1 Å². The van der Waals surface area contributed by atoms with Crippen molar-refractivity contribution >= 4 is 5.97 Å². The van der Waals surface area contributed by atoms with Crippen molar-refractivity contribution in [2.75, 3.05) is 13.2 Å². The Morgan fingerprint density at radius 1 is 0.821 bits per heavy atom. The molecule has 0 aromatic carbocycles. The zero-order chi connectivity index (χ0) is 21.6. The standard InChI is InChI=1S/C21H42O7/c1-4-5-6-7-8-9-10-11-12-13-18(26)28-20(17(25)15-23)21(2,3)19(27)16(24)14-22/h16-17,19-20,22-25,27H,4-15H2,1-3H3. The Morgan fingerprint density at radius 2 is 1.29 bits per heavy atom. The molecule has 7 nitrogen and oxygen atoms in total. The molecule has 0 aromatic rings. The third kappa shape index (κ3) is 10.2. The van der Waals surface area contributed by atoms with Gasteiger partial charge in [0.25, 0.3) is 0 Å². The summed E-state index contributed by atoms with van der Waals surface area (Å²) in [6.45, 7) is 3.89. The van der Waals surface area contributed by atoms with Crippen LogP contribution in [-0.2, 0) is 9.53 Å². The molecule has 0 heterocycles. The van der Waals surface area contributed by atoms with Crippen molar-refractivity contribution in [3.63, 3.8) is 0 Å². The van der Waals surface area contributed by atoms with E-state index in [0.29, 0.717) is 6.42 Å². The molecule has 0 fully saturated rings. The van der Waals surface area contributed by atoms with E-state index in [2.05, 4.69) is 6.92 Å². The summed E-state index contributed by atoms with van der Waals surface area (Å²) in [4.78, 5) is 12.2. The van der Waals surface area contributed by atoms with E-state index < -0.39 is 49.0 Å². The predicted molar refractivity (Wildman–Crippen MR) is 108 cm³/mol. The number of carbonyl (C=O) groups is 1. The Bertz CT molecular complexity index is 400. The zero-order valence-corrected chi connectivity index (χ0v) is 17.8. The maximum Gasteiger partial charge on any atom is 0.306 e. The fraction of sp³-hybridized carbons (Fsp3) is 0.952. The van der Waals surface area contributed by atoms with Gasteiger partial charge in [-0.3, -0.25) is 4.79 Å². The molecule has 0 aromatic heterocycles. The van der Waals surface area contributed by atoms with Crippen LogP contribution in [0, 0.1) is 5.41 Å². The van der Waals surface area contributed by atoms with Gasteiger partial charge in [-0.1, -0.05) is 72.1 Å². The number of unbranched alkanes of at least 4 members (excludes halogenated alkanes) is 8. The van der Waals surface area contributed by atoms with Crippen LogP contribution >= 0.6 is 0 Å². The second-order valence-corrected chi connectivity index (χ2v) is 8.25. The monoisotopic (exact) mass is 406 g/mol. The van der Waals surface area contributed by atoms with Gasteiger partial charge in [0.15, 0.2) is 0 Å². The molecule has 0 aliphatic heterocycles. The number of aliphatic hydroxyl groups is 5. The van der Waals surface area contributed by atoms with Crippen molar-refractivity contribution < 1.29 is 35.1 Å². The van der Waals surface area contributed by atoms with E-state index in [1.54, 1.807) is 0 Å². The SMILES string of the molecule is CCCCCCCCCCCC(=O)OC(C(O)CO)C(C)(C)C(O)C(O)CO. The summed E-state index contributed by atoms with van der Waals surface area (Å²) >= 11 is 0. The minimum atomic E-state index is -1.44. The first-order chi connectivity index (χ1) is 13.2. The van der Waals surface area contributed by atoms with E-state index in [1.165, 1.54) is 46.0 Å². The fourth-order valence-corrected chi connectivity index (χ4v) is 3.37. The highest BCUT2D eigenvalue weighted by atomic mass is 16.6. The Kier molecular flexibility index (Phi) is 14.8. The highest BCUT2D eigenvalue weighted by Gasteiger charge is 2.45. The van der Waals surface area contributed by atoms with E-state index in [1.807, 2.05) is 0 Å². The Balaban J connectivity index is 4.41. The summed E-state index contributed by atoms with van der Waals surface area (Å²) < 4.78 is 5.35. The van der Waals surface area contributed by atoms with Gasteiger partial charge >= 0.3 is 5.97 Å². The van der Waals surface area contributed by atoms with Crippen molar-refractivity contribution in [1.82, 2.24) is 0 Å². The lowest BCUT2D eigenvalue weighted by Gasteiger charge is -2.40. The number of carbonyl (C=O) groups excluding carboxylic acids is 1. The smallest absolute Gasteiger partial charge is 0.306 e. The van der Waals surface area contributed by atoms with Gasteiger partial charge in [-0.05, 0) is 6.42 Å². The van der Waals surface area contributed by atoms with Gasteiger partial charge in [0.1, 0.15) is 18.3 Å². The third-order valence-electron chi connectivity index (χ3n) is 5.33. The number of hydrogen-bond donors (Lipinski definition) is 5. The molecule has 0 aliphatic rings. The van der Waals surface area contributed by atoms with Crippen LogP contribution in [0.2, 0.25) is 0 Å². The summed E-state index contributed by atoms with van der Waals surface area (Å²) in [7, 11) is 0. The van der Waals surface area contributed by atoms with E-state index in [9.17, 15) is 25.2 Å². The first-order valence-electron chi connectivity index (χ1n) is 10.7. The number of hydrogen-bond acceptors (Lipinski definition) is 7. The molecule has 0 aliphatic carbocycles. The van der Waals surface area contributed by atoms with Crippen LogP contribution in [0.5, 0.6) is 0 Å². The minimum Gasteiger partial charge on any atom is -0.459 e. The minimum absolute atomic E-state index is 0.194.